The number of fused-ring (bicyclic) bond motifs is 1. The molecule has 0 aliphatic heterocycles. The lowest BCUT2D eigenvalue weighted by atomic mass is 10.0. The van der Waals surface area contributed by atoms with Crippen LogP contribution in [-0.2, 0) is 0 Å². The number of nitrogens with two attached hydrogens (primary N) is 1. The summed E-state index contributed by atoms with van der Waals surface area (Å²) in [7, 11) is 1.64. The molecule has 3 N–H and O–H groups in total. The number of aromatic nitrogens is 1. The van der Waals surface area contributed by atoms with E-state index in [1.165, 1.54) is 11.3 Å². The van der Waals surface area contributed by atoms with Gasteiger partial charge in [-0.1, -0.05) is 29.8 Å². The second-order valence-corrected chi connectivity index (χ2v) is 9.63. The number of rotatable bonds is 5. The number of nitrogens with zero attached hydrogens (tertiary/aromatic N) is 1. The van der Waals surface area contributed by atoms with Crippen molar-refractivity contribution in [3.8, 4) is 27.4 Å². The number of anilines is 2. The Morgan fingerprint density at radius 3 is 2.52 bits per heavy atom. The van der Waals surface area contributed by atoms with Crippen LogP contribution in [0.15, 0.2) is 72.1 Å². The summed E-state index contributed by atoms with van der Waals surface area (Å²) in [6, 6.07) is 20.8. The minimum absolute atomic E-state index is 0.281. The number of nitrogen functional groups attached to an aromatic ring is 1. The maximum Gasteiger partial charge on any atom is 0.267 e. The zero-order chi connectivity index (χ0) is 22.9. The van der Waals surface area contributed by atoms with E-state index in [1.54, 1.807) is 42.7 Å². The van der Waals surface area contributed by atoms with Crippen LogP contribution < -0.4 is 15.8 Å². The highest BCUT2D eigenvalue weighted by molar-refractivity contribution is 7.21. The number of nitrogens with one attached hydrogen (secondary N) is 1. The molecule has 5 rings (SSSR count). The first-order valence-electron chi connectivity index (χ1n) is 10.0. The Kier molecular flexibility index (Phi) is 5.76. The lowest BCUT2D eigenvalue weighted by molar-refractivity contribution is 0.103. The van der Waals surface area contributed by atoms with Crippen molar-refractivity contribution >= 4 is 61.8 Å². The van der Waals surface area contributed by atoms with Crippen LogP contribution in [0.25, 0.3) is 31.9 Å². The highest BCUT2D eigenvalue weighted by atomic mass is 35.5. The summed E-state index contributed by atoms with van der Waals surface area (Å²) in [6.07, 6.45) is 0. The van der Waals surface area contributed by atoms with Crippen LogP contribution in [0.3, 0.4) is 0 Å². The van der Waals surface area contributed by atoms with Crippen LogP contribution in [0.2, 0.25) is 5.02 Å². The predicted octanol–water partition coefficient (Wildman–Crippen LogP) is 7.19. The Morgan fingerprint density at radius 1 is 1.09 bits per heavy atom. The fraction of sp³-hybridized carbons (Fsp3) is 0.0400. The number of carbonyl (C=O) groups excluding carboxylic acids is 1. The third kappa shape index (κ3) is 4.18. The predicted molar refractivity (Wildman–Crippen MR) is 139 cm³/mol. The van der Waals surface area contributed by atoms with E-state index in [0.29, 0.717) is 26.1 Å². The van der Waals surface area contributed by atoms with Crippen LogP contribution in [0.4, 0.5) is 11.4 Å². The van der Waals surface area contributed by atoms with Gasteiger partial charge in [-0.2, -0.15) is 0 Å². The molecule has 1 amide bonds. The zero-order valence-corrected chi connectivity index (χ0v) is 19.9. The number of halogens is 1. The van der Waals surface area contributed by atoms with Crippen LogP contribution in [0.1, 0.15) is 9.67 Å². The van der Waals surface area contributed by atoms with Crippen LogP contribution in [-0.4, -0.2) is 18.0 Å². The van der Waals surface area contributed by atoms with Gasteiger partial charge in [-0.15, -0.1) is 22.7 Å². The highest BCUT2D eigenvalue weighted by Crippen LogP contribution is 2.42. The molecular formula is C25H18ClN3O2S2. The Labute approximate surface area is 203 Å². The lowest BCUT2D eigenvalue weighted by Crippen LogP contribution is -2.11. The monoisotopic (exact) mass is 491 g/mol. The number of methoxy groups -OCH3 is 1. The molecule has 0 saturated heterocycles. The van der Waals surface area contributed by atoms with Crippen molar-refractivity contribution < 1.29 is 9.53 Å². The molecule has 5 aromatic rings. The lowest BCUT2D eigenvalue weighted by Gasteiger charge is -2.09. The van der Waals surface area contributed by atoms with E-state index < -0.39 is 0 Å². The molecular weight excluding hydrogens is 474 g/mol. The molecule has 5 nitrogen and oxygen atoms in total. The summed E-state index contributed by atoms with van der Waals surface area (Å²) in [5.41, 5.74) is 10.3. The minimum atomic E-state index is -0.281. The molecule has 0 bridgehead atoms. The fourth-order valence-corrected chi connectivity index (χ4v) is 5.39. The van der Waals surface area contributed by atoms with Gasteiger partial charge in [0.1, 0.15) is 15.5 Å². The van der Waals surface area contributed by atoms with Crippen molar-refractivity contribution in [2.24, 2.45) is 0 Å². The van der Waals surface area contributed by atoms with Gasteiger partial charge < -0.3 is 15.8 Å². The Balaban J connectivity index is 1.64. The molecule has 3 aromatic heterocycles. The largest absolute Gasteiger partial charge is 0.497 e. The van der Waals surface area contributed by atoms with Gasteiger partial charge in [0.05, 0.1) is 23.4 Å². The average molecular weight is 492 g/mol. The second kappa shape index (κ2) is 8.86. The molecule has 33 heavy (non-hydrogen) atoms. The van der Waals surface area contributed by atoms with Gasteiger partial charge in [0.25, 0.3) is 5.91 Å². The van der Waals surface area contributed by atoms with E-state index in [4.69, 9.17) is 27.1 Å². The van der Waals surface area contributed by atoms with E-state index in [0.717, 1.165) is 32.8 Å². The smallest absolute Gasteiger partial charge is 0.267 e. The highest BCUT2D eigenvalue weighted by Gasteiger charge is 2.22. The van der Waals surface area contributed by atoms with Gasteiger partial charge >= 0.3 is 0 Å². The van der Waals surface area contributed by atoms with E-state index in [9.17, 15) is 4.79 Å². The molecule has 164 valence electrons. The van der Waals surface area contributed by atoms with E-state index in [1.807, 2.05) is 47.8 Å². The second-order valence-electron chi connectivity index (χ2n) is 7.25. The minimum Gasteiger partial charge on any atom is -0.497 e. The fourth-order valence-electron chi connectivity index (χ4n) is 3.56. The van der Waals surface area contributed by atoms with Gasteiger partial charge in [-0.25, -0.2) is 4.98 Å². The zero-order valence-electron chi connectivity index (χ0n) is 17.5. The van der Waals surface area contributed by atoms with Crippen molar-refractivity contribution in [3.05, 3.63) is 82.0 Å². The van der Waals surface area contributed by atoms with Gasteiger partial charge in [0.15, 0.2) is 0 Å². The maximum atomic E-state index is 13.1. The number of benzene rings is 2. The van der Waals surface area contributed by atoms with Crippen molar-refractivity contribution in [2.75, 3.05) is 18.2 Å². The normalized spacial score (nSPS) is 11.0. The molecule has 0 fully saturated rings. The topological polar surface area (TPSA) is 77.2 Å². The molecule has 0 aliphatic rings. The van der Waals surface area contributed by atoms with Gasteiger partial charge in [-0.3, -0.25) is 4.79 Å². The van der Waals surface area contributed by atoms with E-state index in [2.05, 4.69) is 5.32 Å². The third-order valence-corrected chi connectivity index (χ3v) is 7.42. The first-order valence-corrected chi connectivity index (χ1v) is 12.1. The average Bonchev–Trinajstić information content (AvgIpc) is 3.49. The first kappa shape index (κ1) is 21.5. The number of amides is 1. The van der Waals surface area contributed by atoms with Crippen LogP contribution >= 0.6 is 34.3 Å². The summed E-state index contributed by atoms with van der Waals surface area (Å²) in [4.78, 5) is 20.1. The summed E-state index contributed by atoms with van der Waals surface area (Å²) in [5, 5.41) is 6.28. The van der Waals surface area contributed by atoms with E-state index >= 15 is 0 Å². The summed E-state index contributed by atoms with van der Waals surface area (Å²) in [6.45, 7) is 0. The van der Waals surface area contributed by atoms with Gasteiger partial charge in [-0.05, 0) is 65.0 Å². The summed E-state index contributed by atoms with van der Waals surface area (Å²) < 4.78 is 5.30. The number of carbonyl (C=O) groups is 1. The quantitative estimate of drug-likeness (QED) is 0.273. The number of thiophene rings is 2. The number of hydrogen-bond acceptors (Lipinski definition) is 6. The molecule has 0 unspecified atom stereocenters. The third-order valence-electron chi connectivity index (χ3n) is 5.18. The Morgan fingerprint density at radius 2 is 1.85 bits per heavy atom. The van der Waals surface area contributed by atoms with Crippen LogP contribution in [0.5, 0.6) is 5.75 Å². The molecule has 8 heteroatoms. The molecule has 0 radical (unpaired) electrons. The standard InChI is InChI=1S/C25H18ClN3O2S2/c1-31-17-10-4-14(5-11-17)18-13-19(20-3-2-12-32-20)29-25-21(18)22(27)23(33-25)24(30)28-16-8-6-15(26)7-9-16/h2-13H,27H2,1H3,(H,28,30). The Bertz CT molecular complexity index is 1440. The van der Waals surface area contributed by atoms with Crippen molar-refractivity contribution in [2.45, 2.75) is 0 Å². The van der Waals surface area contributed by atoms with Crippen LogP contribution in [0, 0.1) is 0 Å². The number of pyridine rings is 1. The molecule has 2 aromatic carbocycles. The van der Waals surface area contributed by atoms with Crippen molar-refractivity contribution in [1.82, 2.24) is 4.98 Å². The first-order chi connectivity index (χ1) is 16.0. The molecule has 0 spiro atoms. The SMILES string of the molecule is COc1ccc(-c2cc(-c3cccs3)nc3sc(C(=O)Nc4ccc(Cl)cc4)c(N)c23)cc1. The summed E-state index contributed by atoms with van der Waals surface area (Å²) >= 11 is 8.85. The molecule has 0 aliphatic carbocycles. The Hall–Kier alpha value is -3.39. The summed E-state index contributed by atoms with van der Waals surface area (Å²) in [5.74, 6) is 0.486. The van der Waals surface area contributed by atoms with Crippen molar-refractivity contribution in [3.63, 3.8) is 0 Å². The van der Waals surface area contributed by atoms with Gasteiger partial charge in [0.2, 0.25) is 0 Å². The molecule has 0 saturated carbocycles. The molecule has 3 heterocycles. The maximum absolute atomic E-state index is 13.1. The number of ether oxygens (including phenoxy) is 1. The van der Waals surface area contributed by atoms with E-state index in [-0.39, 0.29) is 5.91 Å². The van der Waals surface area contributed by atoms with Crippen molar-refractivity contribution in [1.29, 1.82) is 0 Å². The molecule has 0 atom stereocenters. The van der Waals surface area contributed by atoms with Gasteiger partial charge in [0, 0.05) is 16.1 Å². The number of hydrogen-bond donors (Lipinski definition) is 2.